The summed E-state index contributed by atoms with van der Waals surface area (Å²) >= 11 is 3.38. The molecule has 1 aromatic carbocycles. The minimum Gasteiger partial charge on any atom is -0.303 e. The topological polar surface area (TPSA) is 43.6 Å². The molecule has 0 N–H and O–H groups in total. The Balaban J connectivity index is 1.65. The van der Waals surface area contributed by atoms with E-state index < -0.39 is 0 Å². The third-order valence-electron chi connectivity index (χ3n) is 4.23. The van der Waals surface area contributed by atoms with Crippen molar-refractivity contribution in [2.75, 3.05) is 0 Å². The molecule has 0 saturated heterocycles. The van der Waals surface area contributed by atoms with Crippen LogP contribution in [0.25, 0.3) is 10.2 Å². The van der Waals surface area contributed by atoms with Gasteiger partial charge in [-0.3, -0.25) is 0 Å². The fraction of sp³-hybridized carbons (Fsp3) is 0.438. The summed E-state index contributed by atoms with van der Waals surface area (Å²) in [5.41, 5.74) is 1.07. The predicted octanol–water partition coefficient (Wildman–Crippen LogP) is 4.85. The molecule has 0 amide bonds. The van der Waals surface area contributed by atoms with Gasteiger partial charge in [0.25, 0.3) is 0 Å². The van der Waals surface area contributed by atoms with Gasteiger partial charge < -0.3 is 4.57 Å². The average molecular weight is 330 g/mol. The fourth-order valence-corrected chi connectivity index (χ4v) is 5.27. The molecular weight excluding hydrogens is 312 g/mol. The van der Waals surface area contributed by atoms with Gasteiger partial charge in [-0.25, -0.2) is 4.98 Å². The highest BCUT2D eigenvalue weighted by Gasteiger charge is 2.22. The van der Waals surface area contributed by atoms with Crippen molar-refractivity contribution in [2.24, 2.45) is 0 Å². The minimum absolute atomic E-state index is 0.556. The Morgan fingerprint density at radius 3 is 2.77 bits per heavy atom. The van der Waals surface area contributed by atoms with Crippen molar-refractivity contribution in [3.05, 3.63) is 30.1 Å². The predicted molar refractivity (Wildman–Crippen MR) is 90.6 cm³/mol. The molecule has 6 heteroatoms. The number of benzene rings is 1. The number of hydrogen-bond acceptors (Lipinski definition) is 5. The molecule has 0 spiro atoms. The zero-order chi connectivity index (χ0) is 14.9. The van der Waals surface area contributed by atoms with Gasteiger partial charge in [-0.2, -0.15) is 0 Å². The Morgan fingerprint density at radius 2 is 1.95 bits per heavy atom. The lowest BCUT2D eigenvalue weighted by Gasteiger charge is -2.24. The zero-order valence-corrected chi connectivity index (χ0v) is 14.2. The smallest absolute Gasteiger partial charge is 0.198 e. The lowest BCUT2D eigenvalue weighted by molar-refractivity contribution is 0.332. The second-order valence-electron chi connectivity index (χ2n) is 5.74. The van der Waals surface area contributed by atoms with Gasteiger partial charge in [0, 0.05) is 6.04 Å². The molecule has 2 aromatic heterocycles. The highest BCUT2D eigenvalue weighted by atomic mass is 32.2. The van der Waals surface area contributed by atoms with E-state index in [1.165, 1.54) is 36.8 Å². The van der Waals surface area contributed by atoms with Gasteiger partial charge in [0.1, 0.15) is 5.82 Å². The summed E-state index contributed by atoms with van der Waals surface area (Å²) in [4.78, 5) is 4.70. The molecule has 1 aliphatic rings. The van der Waals surface area contributed by atoms with Gasteiger partial charge >= 0.3 is 0 Å². The van der Waals surface area contributed by atoms with Crippen molar-refractivity contribution in [3.8, 4) is 0 Å². The summed E-state index contributed by atoms with van der Waals surface area (Å²) in [6.45, 7) is 2.06. The van der Waals surface area contributed by atoms with Crippen LogP contribution in [-0.2, 0) is 0 Å². The van der Waals surface area contributed by atoms with Crippen molar-refractivity contribution in [1.29, 1.82) is 0 Å². The third-order valence-corrected chi connectivity index (χ3v) is 6.29. The summed E-state index contributed by atoms with van der Waals surface area (Å²) in [6.07, 6.45) is 6.47. The Bertz CT molecular complexity index is 753. The number of nitrogens with zero attached hydrogens (tertiary/aromatic N) is 4. The molecule has 22 heavy (non-hydrogen) atoms. The molecule has 0 aliphatic heterocycles. The quantitative estimate of drug-likeness (QED) is 0.688. The van der Waals surface area contributed by atoms with Crippen LogP contribution in [0.1, 0.15) is 44.0 Å². The molecule has 0 atom stereocenters. The Kier molecular flexibility index (Phi) is 3.88. The van der Waals surface area contributed by atoms with Crippen LogP contribution >= 0.6 is 23.1 Å². The number of aryl methyl sites for hydroxylation is 1. The fourth-order valence-electron chi connectivity index (χ4n) is 3.15. The Hall–Kier alpha value is -1.40. The van der Waals surface area contributed by atoms with Gasteiger partial charge in [0.05, 0.1) is 10.2 Å². The molecular formula is C16H18N4S2. The number of para-hydroxylation sites is 1. The van der Waals surface area contributed by atoms with E-state index in [-0.39, 0.29) is 0 Å². The first-order chi connectivity index (χ1) is 10.8. The van der Waals surface area contributed by atoms with Crippen molar-refractivity contribution >= 4 is 33.3 Å². The zero-order valence-electron chi connectivity index (χ0n) is 12.5. The van der Waals surface area contributed by atoms with Crippen LogP contribution in [-0.4, -0.2) is 19.7 Å². The second kappa shape index (κ2) is 6.01. The van der Waals surface area contributed by atoms with E-state index in [1.807, 2.05) is 6.07 Å². The molecule has 4 rings (SSSR count). The van der Waals surface area contributed by atoms with E-state index in [9.17, 15) is 0 Å². The van der Waals surface area contributed by atoms with Gasteiger partial charge in [0.15, 0.2) is 9.50 Å². The second-order valence-corrected chi connectivity index (χ2v) is 7.99. The van der Waals surface area contributed by atoms with E-state index in [4.69, 9.17) is 4.98 Å². The Labute approximate surface area is 138 Å². The highest BCUT2D eigenvalue weighted by molar-refractivity contribution is 8.01. The van der Waals surface area contributed by atoms with Crippen LogP contribution in [0.4, 0.5) is 0 Å². The number of fused-ring (bicyclic) bond motifs is 1. The number of rotatable bonds is 3. The van der Waals surface area contributed by atoms with Crippen LogP contribution in [0.15, 0.2) is 33.8 Å². The summed E-state index contributed by atoms with van der Waals surface area (Å²) in [5.74, 6) is 1.02. The van der Waals surface area contributed by atoms with Crippen LogP contribution in [0.5, 0.6) is 0 Å². The van der Waals surface area contributed by atoms with Crippen LogP contribution in [0.2, 0.25) is 0 Å². The SMILES string of the molecule is Cc1nnc(Sc2nc3ccccc3s2)n1C1CCCCC1. The first-order valence-corrected chi connectivity index (χ1v) is 9.39. The van der Waals surface area contributed by atoms with Crippen molar-refractivity contribution in [2.45, 2.75) is 54.6 Å². The van der Waals surface area contributed by atoms with Crippen molar-refractivity contribution < 1.29 is 0 Å². The monoisotopic (exact) mass is 330 g/mol. The lowest BCUT2D eigenvalue weighted by atomic mass is 9.95. The molecule has 0 radical (unpaired) electrons. The largest absolute Gasteiger partial charge is 0.303 e. The number of aromatic nitrogens is 4. The van der Waals surface area contributed by atoms with E-state index in [1.54, 1.807) is 23.1 Å². The van der Waals surface area contributed by atoms with Crippen LogP contribution < -0.4 is 0 Å². The summed E-state index contributed by atoms with van der Waals surface area (Å²) in [5, 5.41) is 9.70. The average Bonchev–Trinajstić information content (AvgIpc) is 3.11. The van der Waals surface area contributed by atoms with Gasteiger partial charge in [-0.1, -0.05) is 31.4 Å². The molecule has 114 valence electrons. The maximum absolute atomic E-state index is 4.70. The van der Waals surface area contributed by atoms with E-state index in [0.717, 1.165) is 20.8 Å². The van der Waals surface area contributed by atoms with E-state index >= 15 is 0 Å². The maximum atomic E-state index is 4.70. The molecule has 1 saturated carbocycles. The summed E-state index contributed by atoms with van der Waals surface area (Å²) in [6, 6.07) is 8.83. The molecule has 0 unspecified atom stereocenters. The van der Waals surface area contributed by atoms with Gasteiger partial charge in [-0.15, -0.1) is 21.5 Å². The maximum Gasteiger partial charge on any atom is 0.198 e. The van der Waals surface area contributed by atoms with Crippen LogP contribution in [0, 0.1) is 6.92 Å². The molecule has 1 aliphatic carbocycles. The lowest BCUT2D eigenvalue weighted by Crippen LogP contribution is -2.15. The molecule has 0 bridgehead atoms. The summed E-state index contributed by atoms with van der Waals surface area (Å²) < 4.78 is 4.60. The van der Waals surface area contributed by atoms with Gasteiger partial charge in [0.2, 0.25) is 0 Å². The van der Waals surface area contributed by atoms with E-state index in [0.29, 0.717) is 6.04 Å². The van der Waals surface area contributed by atoms with Crippen LogP contribution in [0.3, 0.4) is 0 Å². The number of hydrogen-bond donors (Lipinski definition) is 0. The Morgan fingerprint density at radius 1 is 1.14 bits per heavy atom. The van der Waals surface area contributed by atoms with Gasteiger partial charge in [-0.05, 0) is 43.7 Å². The van der Waals surface area contributed by atoms with E-state index in [2.05, 4.69) is 39.9 Å². The molecule has 2 heterocycles. The van der Waals surface area contributed by atoms with Crippen molar-refractivity contribution in [3.63, 3.8) is 0 Å². The molecule has 1 fully saturated rings. The first kappa shape index (κ1) is 14.2. The molecule has 3 aromatic rings. The first-order valence-electron chi connectivity index (χ1n) is 7.76. The third kappa shape index (κ3) is 2.65. The normalized spacial score (nSPS) is 16.4. The number of thiazole rings is 1. The summed E-state index contributed by atoms with van der Waals surface area (Å²) in [7, 11) is 0. The van der Waals surface area contributed by atoms with Crippen molar-refractivity contribution in [1.82, 2.24) is 19.7 Å². The highest BCUT2D eigenvalue weighted by Crippen LogP contribution is 2.37. The standard InChI is InChI=1S/C16H18N4S2/c1-11-18-19-15(20(11)12-7-3-2-4-8-12)22-16-17-13-9-5-6-10-14(13)21-16/h5-6,9-10,12H,2-4,7-8H2,1H3. The molecule has 4 nitrogen and oxygen atoms in total. The minimum atomic E-state index is 0.556.